The Morgan fingerprint density at radius 2 is 2.00 bits per heavy atom. The summed E-state index contributed by atoms with van der Waals surface area (Å²) in [5.41, 5.74) is -3.89. The van der Waals surface area contributed by atoms with Crippen LogP contribution >= 0.6 is 22.3 Å². The Morgan fingerprint density at radius 1 is 1.39 bits per heavy atom. The molecule has 1 aromatic carbocycles. The van der Waals surface area contributed by atoms with E-state index < -0.39 is 61.1 Å². The van der Waals surface area contributed by atoms with E-state index in [1.54, 1.807) is 0 Å². The smallest absolute Gasteiger partial charge is 0.433 e. The summed E-state index contributed by atoms with van der Waals surface area (Å²) in [5.74, 6) is -1.87. The van der Waals surface area contributed by atoms with E-state index in [0.717, 1.165) is 19.1 Å². The van der Waals surface area contributed by atoms with E-state index in [1.165, 1.54) is 0 Å². The maximum atomic E-state index is 13.7. The third kappa shape index (κ3) is 3.09. The first-order valence-corrected chi connectivity index (χ1v) is 8.75. The average molecular weight is 393 g/mol. The second-order valence-electron chi connectivity index (χ2n) is 4.70. The maximum absolute atomic E-state index is 13.7. The van der Waals surface area contributed by atoms with Crippen molar-refractivity contribution in [2.75, 3.05) is 6.61 Å². The molecule has 0 amide bonds. The van der Waals surface area contributed by atoms with Gasteiger partial charge in [-0.2, -0.15) is 13.2 Å². The minimum Gasteiger partial charge on any atom is -0.491 e. The lowest BCUT2D eigenvalue weighted by Gasteiger charge is -2.39. The minimum atomic E-state index is -5.05. The highest BCUT2D eigenvalue weighted by Crippen LogP contribution is 2.54. The second-order valence-corrected chi connectivity index (χ2v) is 7.65. The van der Waals surface area contributed by atoms with Gasteiger partial charge in [0.15, 0.2) is 0 Å². The van der Waals surface area contributed by atoms with Crippen LogP contribution < -0.4 is 4.74 Å². The van der Waals surface area contributed by atoms with Crippen LogP contribution in [0.15, 0.2) is 17.0 Å². The fourth-order valence-electron chi connectivity index (χ4n) is 2.36. The topological polar surface area (TPSA) is 69.7 Å². The van der Waals surface area contributed by atoms with Crippen molar-refractivity contribution in [3.8, 4) is 5.75 Å². The van der Waals surface area contributed by atoms with Crippen molar-refractivity contribution < 1.29 is 35.9 Å². The van der Waals surface area contributed by atoms with E-state index in [0.29, 0.717) is 0 Å². The van der Waals surface area contributed by atoms with E-state index >= 15 is 0 Å². The lowest BCUT2D eigenvalue weighted by atomic mass is 9.87. The molecule has 2 rings (SSSR count). The fraction of sp³-hybridized carbons (Fsp3) is 0.417. The molecule has 11 heteroatoms. The van der Waals surface area contributed by atoms with Crippen LogP contribution in [0.5, 0.6) is 5.75 Å². The number of hydrogen-bond donors (Lipinski definition) is 0. The van der Waals surface area contributed by atoms with Gasteiger partial charge in [0.1, 0.15) is 10.6 Å². The SMILES string of the molecule is CC(=O)OC1(C(F)(F)F)CCOc2c(S(=O)(=O)Cl)ccc(Cl)c21. The number of alkyl halides is 3. The van der Waals surface area contributed by atoms with Crippen molar-refractivity contribution in [1.29, 1.82) is 0 Å². The van der Waals surface area contributed by atoms with Crippen molar-refractivity contribution in [3.63, 3.8) is 0 Å². The number of esters is 1. The lowest BCUT2D eigenvalue weighted by Crippen LogP contribution is -2.49. The van der Waals surface area contributed by atoms with Gasteiger partial charge in [0.05, 0.1) is 17.2 Å². The van der Waals surface area contributed by atoms with Crippen LogP contribution in [0.2, 0.25) is 5.02 Å². The van der Waals surface area contributed by atoms with Gasteiger partial charge in [-0.1, -0.05) is 11.6 Å². The van der Waals surface area contributed by atoms with Gasteiger partial charge in [-0.05, 0) is 12.1 Å². The van der Waals surface area contributed by atoms with Crippen LogP contribution in [-0.4, -0.2) is 27.2 Å². The normalized spacial score (nSPS) is 21.3. The molecule has 1 aromatic rings. The molecule has 0 radical (unpaired) electrons. The largest absolute Gasteiger partial charge is 0.491 e. The molecule has 0 N–H and O–H groups in total. The van der Waals surface area contributed by atoms with Crippen molar-refractivity contribution in [2.24, 2.45) is 0 Å². The van der Waals surface area contributed by atoms with Gasteiger partial charge < -0.3 is 9.47 Å². The van der Waals surface area contributed by atoms with Gasteiger partial charge in [-0.25, -0.2) is 8.42 Å². The first-order valence-electron chi connectivity index (χ1n) is 6.07. The molecule has 0 aliphatic carbocycles. The number of fused-ring (bicyclic) bond motifs is 1. The molecule has 1 unspecified atom stereocenters. The standard InChI is InChI=1S/C12H9Cl2F3O5S/c1-6(18)22-11(12(15,16)17)4-5-21-10-8(23(14,19)20)3-2-7(13)9(10)11/h2-3H,4-5H2,1H3. The maximum Gasteiger partial charge on any atom is 0.433 e. The Bertz CT molecular complexity index is 763. The van der Waals surface area contributed by atoms with Gasteiger partial charge in [0, 0.05) is 24.0 Å². The number of rotatable bonds is 2. The predicted octanol–water partition coefficient (Wildman–Crippen LogP) is 3.37. The molecule has 0 fully saturated rings. The number of benzene rings is 1. The van der Waals surface area contributed by atoms with Gasteiger partial charge in [-0.3, -0.25) is 4.79 Å². The summed E-state index contributed by atoms with van der Waals surface area (Å²) in [5, 5.41) is -0.456. The number of halogens is 5. The van der Waals surface area contributed by atoms with Crippen molar-refractivity contribution in [2.45, 2.75) is 30.0 Å². The van der Waals surface area contributed by atoms with Gasteiger partial charge in [-0.15, -0.1) is 0 Å². The highest BCUT2D eigenvalue weighted by Gasteiger charge is 2.63. The summed E-state index contributed by atoms with van der Waals surface area (Å²) in [7, 11) is 0.817. The third-order valence-corrected chi connectivity index (χ3v) is 4.87. The van der Waals surface area contributed by atoms with Crippen LogP contribution in [0.3, 0.4) is 0 Å². The zero-order chi connectivity index (χ0) is 17.6. The number of hydrogen-bond acceptors (Lipinski definition) is 5. The van der Waals surface area contributed by atoms with E-state index in [1.807, 2.05) is 0 Å². The van der Waals surface area contributed by atoms with Crippen molar-refractivity contribution in [1.82, 2.24) is 0 Å². The van der Waals surface area contributed by atoms with E-state index in [9.17, 15) is 26.4 Å². The Balaban J connectivity index is 2.87. The highest BCUT2D eigenvalue weighted by molar-refractivity contribution is 8.13. The summed E-state index contributed by atoms with van der Waals surface area (Å²) in [6, 6.07) is 1.85. The molecule has 128 valence electrons. The third-order valence-electron chi connectivity index (χ3n) is 3.21. The van der Waals surface area contributed by atoms with Crippen LogP contribution in [0, 0.1) is 0 Å². The molecule has 23 heavy (non-hydrogen) atoms. The molecule has 5 nitrogen and oxygen atoms in total. The first kappa shape index (κ1) is 18.2. The lowest BCUT2D eigenvalue weighted by molar-refractivity contribution is -0.282. The number of carbonyl (C=O) groups is 1. The molecule has 1 aliphatic heterocycles. The summed E-state index contributed by atoms with van der Waals surface area (Å²) in [6.07, 6.45) is -5.82. The highest BCUT2D eigenvalue weighted by atomic mass is 35.7. The molecule has 0 spiro atoms. The van der Waals surface area contributed by atoms with E-state index in [4.69, 9.17) is 27.0 Å². The van der Waals surface area contributed by atoms with Crippen molar-refractivity contribution >= 4 is 37.3 Å². The van der Waals surface area contributed by atoms with E-state index in [2.05, 4.69) is 4.74 Å². The first-order chi connectivity index (χ1) is 10.4. The molecular formula is C12H9Cl2F3O5S. The van der Waals surface area contributed by atoms with Gasteiger partial charge in [0.2, 0.25) is 5.60 Å². The molecular weight excluding hydrogens is 384 g/mol. The molecule has 0 saturated heterocycles. The number of ether oxygens (including phenoxy) is 2. The van der Waals surface area contributed by atoms with Crippen LogP contribution in [0.4, 0.5) is 13.2 Å². The second kappa shape index (κ2) is 5.71. The van der Waals surface area contributed by atoms with Crippen LogP contribution in [-0.2, 0) is 24.2 Å². The molecule has 0 saturated carbocycles. The fourth-order valence-corrected chi connectivity index (χ4v) is 3.64. The molecule has 1 aliphatic rings. The Labute approximate surface area is 138 Å². The van der Waals surface area contributed by atoms with Gasteiger partial charge in [0.25, 0.3) is 9.05 Å². The van der Waals surface area contributed by atoms with Crippen LogP contribution in [0.25, 0.3) is 0 Å². The minimum absolute atomic E-state index is 0.456. The Morgan fingerprint density at radius 3 is 2.48 bits per heavy atom. The zero-order valence-corrected chi connectivity index (χ0v) is 13.7. The van der Waals surface area contributed by atoms with E-state index in [-0.39, 0.29) is 0 Å². The molecule has 0 bridgehead atoms. The molecule has 0 aromatic heterocycles. The summed E-state index contributed by atoms with van der Waals surface area (Å²) >= 11 is 5.83. The summed E-state index contributed by atoms with van der Waals surface area (Å²) in [6.45, 7) is 0.262. The van der Waals surface area contributed by atoms with Crippen LogP contribution in [0.1, 0.15) is 18.9 Å². The van der Waals surface area contributed by atoms with Gasteiger partial charge >= 0.3 is 12.1 Å². The Kier molecular flexibility index (Phi) is 4.51. The molecule has 1 atom stereocenters. The van der Waals surface area contributed by atoms with Crippen molar-refractivity contribution in [3.05, 3.63) is 22.7 Å². The summed E-state index contributed by atoms with van der Waals surface area (Å²) in [4.78, 5) is 10.5. The summed E-state index contributed by atoms with van der Waals surface area (Å²) < 4.78 is 73.7. The molecule has 1 heterocycles. The zero-order valence-electron chi connectivity index (χ0n) is 11.4. The average Bonchev–Trinajstić information content (AvgIpc) is 2.35. The monoisotopic (exact) mass is 392 g/mol. The number of carbonyl (C=O) groups excluding carboxylic acids is 1. The quantitative estimate of drug-likeness (QED) is 0.569. The predicted molar refractivity (Wildman–Crippen MR) is 74.1 cm³/mol. The Hall–Kier alpha value is -1.19.